The first-order valence-corrected chi connectivity index (χ1v) is 7.09. The van der Waals surface area contributed by atoms with Gasteiger partial charge in [0, 0.05) is 6.54 Å². The van der Waals surface area contributed by atoms with Gasteiger partial charge in [-0.1, -0.05) is 6.07 Å². The summed E-state index contributed by atoms with van der Waals surface area (Å²) in [5, 5.41) is 2.76. The van der Waals surface area contributed by atoms with Gasteiger partial charge in [-0.2, -0.15) is 0 Å². The first-order chi connectivity index (χ1) is 9.22. The Morgan fingerprint density at radius 3 is 2.95 bits per heavy atom. The average Bonchev–Trinajstić information content (AvgIpc) is 2.90. The first kappa shape index (κ1) is 12.8. The molecule has 19 heavy (non-hydrogen) atoms. The van der Waals surface area contributed by atoms with Crippen molar-refractivity contribution >= 4 is 23.2 Å². The molecule has 5 heteroatoms. The van der Waals surface area contributed by atoms with E-state index in [1.807, 2.05) is 18.2 Å². The molecule has 0 aromatic heterocycles. The topological polar surface area (TPSA) is 41.6 Å². The minimum atomic E-state index is -0.115. The first-order valence-electron chi connectivity index (χ1n) is 6.65. The van der Waals surface area contributed by atoms with Crippen LogP contribution in [-0.4, -0.2) is 37.0 Å². The second kappa shape index (κ2) is 5.39. The summed E-state index contributed by atoms with van der Waals surface area (Å²) < 4.78 is 5.34. The monoisotopic (exact) mass is 280 g/mol. The van der Waals surface area contributed by atoms with E-state index in [0.717, 1.165) is 30.9 Å². The largest absolute Gasteiger partial charge is 0.482 e. The highest BCUT2D eigenvalue weighted by atomic mass is 35.5. The van der Waals surface area contributed by atoms with Gasteiger partial charge in [-0.15, -0.1) is 11.6 Å². The van der Waals surface area contributed by atoms with Crippen molar-refractivity contribution in [1.82, 2.24) is 4.90 Å². The molecule has 1 aromatic carbocycles. The van der Waals surface area contributed by atoms with E-state index in [0.29, 0.717) is 5.75 Å². The third-order valence-corrected chi connectivity index (χ3v) is 4.01. The Hall–Kier alpha value is -1.26. The van der Waals surface area contributed by atoms with Crippen molar-refractivity contribution < 1.29 is 9.53 Å². The van der Waals surface area contributed by atoms with Crippen molar-refractivity contribution in [2.45, 2.75) is 18.2 Å². The van der Waals surface area contributed by atoms with Gasteiger partial charge in [0.1, 0.15) is 5.75 Å². The minimum absolute atomic E-state index is 0.0535. The molecule has 2 aliphatic heterocycles. The van der Waals surface area contributed by atoms with Crippen LogP contribution >= 0.6 is 11.6 Å². The molecule has 102 valence electrons. The van der Waals surface area contributed by atoms with Crippen LogP contribution in [0.15, 0.2) is 18.2 Å². The highest BCUT2D eigenvalue weighted by Crippen LogP contribution is 2.33. The number of hydrogen-bond acceptors (Lipinski definition) is 3. The average molecular weight is 281 g/mol. The van der Waals surface area contributed by atoms with Crippen molar-refractivity contribution in [3.8, 4) is 5.75 Å². The molecule has 0 radical (unpaired) electrons. The molecule has 1 amide bonds. The molecule has 1 unspecified atom stereocenters. The third-order valence-electron chi connectivity index (χ3n) is 3.62. The maximum atomic E-state index is 11.3. The Balaban J connectivity index is 1.73. The molecule has 1 atom stereocenters. The van der Waals surface area contributed by atoms with E-state index < -0.39 is 0 Å². The van der Waals surface area contributed by atoms with E-state index in [9.17, 15) is 4.79 Å². The van der Waals surface area contributed by atoms with Crippen LogP contribution in [0, 0.1) is 0 Å². The number of rotatable bonds is 3. The number of halogens is 1. The predicted octanol–water partition coefficient (Wildman–Crippen LogP) is 2.39. The van der Waals surface area contributed by atoms with Crippen molar-refractivity contribution in [3.05, 3.63) is 23.8 Å². The Morgan fingerprint density at radius 2 is 2.16 bits per heavy atom. The number of alkyl halides is 1. The summed E-state index contributed by atoms with van der Waals surface area (Å²) in [6.07, 6.45) is 2.52. The van der Waals surface area contributed by atoms with E-state index in [1.165, 1.54) is 12.8 Å². The molecular formula is C14H17ClN2O2. The molecule has 1 aromatic rings. The van der Waals surface area contributed by atoms with E-state index in [4.69, 9.17) is 16.3 Å². The molecule has 1 saturated heterocycles. The third kappa shape index (κ3) is 2.85. The number of hydrogen-bond donors (Lipinski definition) is 1. The lowest BCUT2D eigenvalue weighted by Crippen LogP contribution is -2.26. The van der Waals surface area contributed by atoms with Crippen LogP contribution in [0.1, 0.15) is 23.8 Å². The quantitative estimate of drug-likeness (QED) is 0.865. The van der Waals surface area contributed by atoms with Crippen molar-refractivity contribution in [2.24, 2.45) is 0 Å². The van der Waals surface area contributed by atoms with Crippen LogP contribution < -0.4 is 10.1 Å². The van der Waals surface area contributed by atoms with Crippen LogP contribution in [0.3, 0.4) is 0 Å². The summed E-state index contributed by atoms with van der Waals surface area (Å²) in [6, 6.07) is 5.77. The summed E-state index contributed by atoms with van der Waals surface area (Å²) in [6.45, 7) is 3.21. The normalized spacial score (nSPS) is 20.6. The van der Waals surface area contributed by atoms with Crippen LogP contribution in [0.5, 0.6) is 5.75 Å². The molecule has 0 aliphatic carbocycles. The number of anilines is 1. The van der Waals surface area contributed by atoms with Gasteiger partial charge in [-0.3, -0.25) is 4.79 Å². The fourth-order valence-electron chi connectivity index (χ4n) is 2.59. The fourth-order valence-corrected chi connectivity index (χ4v) is 2.92. The van der Waals surface area contributed by atoms with Gasteiger partial charge >= 0.3 is 0 Å². The van der Waals surface area contributed by atoms with E-state index in [1.54, 1.807) is 0 Å². The molecule has 1 N–H and O–H groups in total. The smallest absolute Gasteiger partial charge is 0.262 e. The SMILES string of the molecule is O=C1COc2ccc(C(Cl)CN3CCCC3)cc2N1. The van der Waals surface area contributed by atoms with Crippen molar-refractivity contribution in [1.29, 1.82) is 0 Å². The van der Waals surface area contributed by atoms with Gasteiger partial charge < -0.3 is 15.0 Å². The number of carbonyl (C=O) groups is 1. The Kier molecular flexibility index (Phi) is 3.62. The maximum Gasteiger partial charge on any atom is 0.262 e. The number of carbonyl (C=O) groups excluding carboxylic acids is 1. The highest BCUT2D eigenvalue weighted by molar-refractivity contribution is 6.21. The number of nitrogens with one attached hydrogen (secondary N) is 1. The van der Waals surface area contributed by atoms with Crippen LogP contribution in [0.4, 0.5) is 5.69 Å². The maximum absolute atomic E-state index is 11.3. The van der Waals surface area contributed by atoms with Gasteiger partial charge in [0.2, 0.25) is 0 Å². The van der Waals surface area contributed by atoms with Gasteiger partial charge in [-0.05, 0) is 43.6 Å². The zero-order chi connectivity index (χ0) is 13.2. The Labute approximate surface area is 117 Å². The lowest BCUT2D eigenvalue weighted by atomic mass is 10.1. The number of amides is 1. The summed E-state index contributed by atoms with van der Waals surface area (Å²) in [5.74, 6) is 0.601. The summed E-state index contributed by atoms with van der Waals surface area (Å²) in [5.41, 5.74) is 1.75. The number of nitrogens with zero attached hydrogens (tertiary/aromatic N) is 1. The van der Waals surface area contributed by atoms with Crippen LogP contribution in [0.2, 0.25) is 0 Å². The minimum Gasteiger partial charge on any atom is -0.482 e. The Morgan fingerprint density at radius 1 is 1.37 bits per heavy atom. The molecule has 2 aliphatic rings. The van der Waals surface area contributed by atoms with Gasteiger partial charge in [0.15, 0.2) is 6.61 Å². The number of likely N-dealkylation sites (tertiary alicyclic amines) is 1. The van der Waals surface area contributed by atoms with Crippen LogP contribution in [-0.2, 0) is 4.79 Å². The zero-order valence-electron chi connectivity index (χ0n) is 10.7. The number of benzene rings is 1. The van der Waals surface area contributed by atoms with Gasteiger partial charge in [0.05, 0.1) is 11.1 Å². The lowest BCUT2D eigenvalue weighted by Gasteiger charge is -2.22. The van der Waals surface area contributed by atoms with E-state index in [2.05, 4.69) is 10.2 Å². The summed E-state index contributed by atoms with van der Waals surface area (Å²) in [7, 11) is 0. The van der Waals surface area contributed by atoms with E-state index >= 15 is 0 Å². The molecule has 2 heterocycles. The molecule has 3 rings (SSSR count). The summed E-state index contributed by atoms with van der Waals surface area (Å²) in [4.78, 5) is 13.7. The van der Waals surface area contributed by atoms with Gasteiger partial charge in [-0.25, -0.2) is 0 Å². The van der Waals surface area contributed by atoms with Crippen molar-refractivity contribution in [3.63, 3.8) is 0 Å². The molecule has 4 nitrogen and oxygen atoms in total. The lowest BCUT2D eigenvalue weighted by molar-refractivity contribution is -0.118. The zero-order valence-corrected chi connectivity index (χ0v) is 11.4. The second-order valence-corrected chi connectivity index (χ2v) is 5.59. The Bertz CT molecular complexity index is 486. The summed E-state index contributed by atoms with van der Waals surface area (Å²) >= 11 is 6.47. The second-order valence-electron chi connectivity index (χ2n) is 5.07. The molecule has 0 spiro atoms. The van der Waals surface area contributed by atoms with E-state index in [-0.39, 0.29) is 17.9 Å². The number of ether oxygens (including phenoxy) is 1. The van der Waals surface area contributed by atoms with Crippen LogP contribution in [0.25, 0.3) is 0 Å². The predicted molar refractivity (Wildman–Crippen MR) is 74.8 cm³/mol. The fraction of sp³-hybridized carbons (Fsp3) is 0.500. The number of fused-ring (bicyclic) bond motifs is 1. The molecule has 0 saturated carbocycles. The molecule has 1 fully saturated rings. The molecular weight excluding hydrogens is 264 g/mol. The molecule has 0 bridgehead atoms. The standard InChI is InChI=1S/C14H17ClN2O2/c15-11(8-17-5-1-2-6-17)10-3-4-13-12(7-10)16-14(18)9-19-13/h3-4,7,11H,1-2,5-6,8-9H2,(H,16,18). The highest BCUT2D eigenvalue weighted by Gasteiger charge is 2.20. The van der Waals surface area contributed by atoms with Gasteiger partial charge in [0.25, 0.3) is 5.91 Å². The van der Waals surface area contributed by atoms with Crippen molar-refractivity contribution in [2.75, 3.05) is 31.6 Å².